The van der Waals surface area contributed by atoms with E-state index in [9.17, 15) is 4.79 Å². The zero-order chi connectivity index (χ0) is 17.2. The average Bonchev–Trinajstić information content (AvgIpc) is 3.14. The van der Waals surface area contributed by atoms with E-state index < -0.39 is 5.54 Å². The van der Waals surface area contributed by atoms with Crippen LogP contribution in [0.2, 0.25) is 0 Å². The van der Waals surface area contributed by atoms with Crippen molar-refractivity contribution >= 4 is 5.91 Å². The minimum absolute atomic E-state index is 0.0195. The summed E-state index contributed by atoms with van der Waals surface area (Å²) in [5.74, 6) is 2.60. The van der Waals surface area contributed by atoms with Gasteiger partial charge in [-0.3, -0.25) is 4.79 Å². The van der Waals surface area contributed by atoms with Crippen LogP contribution in [0.1, 0.15) is 44.0 Å². The molecule has 0 atom stereocenters. The number of benzene rings is 1. The molecule has 24 heavy (non-hydrogen) atoms. The number of carbonyl (C=O) groups excluding carboxylic acids is 1. The average molecular weight is 331 g/mol. The van der Waals surface area contributed by atoms with Crippen molar-refractivity contribution in [2.24, 2.45) is 0 Å². The summed E-state index contributed by atoms with van der Waals surface area (Å²) in [5.41, 5.74) is 0.465. The van der Waals surface area contributed by atoms with E-state index in [1.54, 1.807) is 6.92 Å². The first-order chi connectivity index (χ1) is 11.4. The number of amides is 1. The molecule has 0 radical (unpaired) electrons. The van der Waals surface area contributed by atoms with Gasteiger partial charge in [0.15, 0.2) is 17.3 Å². The number of hydrogen-bond donors (Lipinski definition) is 1. The third kappa shape index (κ3) is 3.67. The Balaban J connectivity index is 1.54. The lowest BCUT2D eigenvalue weighted by atomic mass is 9.93. The molecule has 0 saturated heterocycles. The minimum atomic E-state index is -0.501. The number of aromatic nitrogens is 2. The predicted octanol–water partition coefficient (Wildman–Crippen LogP) is 2.48. The van der Waals surface area contributed by atoms with Crippen molar-refractivity contribution in [1.29, 1.82) is 0 Å². The molecule has 0 spiro atoms. The molecule has 1 aromatic heterocycles. The number of nitrogens with zero attached hydrogens (tertiary/aromatic N) is 2. The lowest BCUT2D eigenvalue weighted by Gasteiger charge is -2.27. The van der Waals surface area contributed by atoms with Crippen molar-refractivity contribution < 1.29 is 18.8 Å². The maximum absolute atomic E-state index is 12.2. The lowest BCUT2D eigenvalue weighted by Crippen LogP contribution is -2.40. The van der Waals surface area contributed by atoms with Gasteiger partial charge in [0.2, 0.25) is 18.6 Å². The van der Waals surface area contributed by atoms with Crippen LogP contribution in [-0.2, 0) is 16.8 Å². The van der Waals surface area contributed by atoms with Crippen molar-refractivity contribution in [3.05, 3.63) is 35.5 Å². The van der Waals surface area contributed by atoms with E-state index in [0.717, 1.165) is 11.3 Å². The number of aryl methyl sites for hydroxylation is 2. The Labute approximate surface area is 140 Å². The van der Waals surface area contributed by atoms with Crippen LogP contribution in [0.3, 0.4) is 0 Å². The number of carbonyl (C=O) groups is 1. The highest BCUT2D eigenvalue weighted by Crippen LogP contribution is 2.35. The van der Waals surface area contributed by atoms with Crippen molar-refractivity contribution in [2.75, 3.05) is 6.79 Å². The highest BCUT2D eigenvalue weighted by molar-refractivity contribution is 5.77. The normalized spacial score (nSPS) is 13.1. The molecule has 7 heteroatoms. The Bertz CT molecular complexity index is 739. The van der Waals surface area contributed by atoms with Gasteiger partial charge in [-0.1, -0.05) is 11.2 Å². The van der Waals surface area contributed by atoms with Crippen molar-refractivity contribution in [1.82, 2.24) is 15.5 Å². The molecule has 2 aromatic rings. The molecule has 0 saturated carbocycles. The van der Waals surface area contributed by atoms with Gasteiger partial charge in [-0.15, -0.1) is 0 Å². The number of ether oxygens (including phenoxy) is 2. The van der Waals surface area contributed by atoms with Crippen LogP contribution in [0.5, 0.6) is 11.5 Å². The molecule has 1 amide bonds. The van der Waals surface area contributed by atoms with E-state index in [1.807, 2.05) is 32.0 Å². The van der Waals surface area contributed by atoms with Crippen LogP contribution in [0.4, 0.5) is 0 Å². The summed E-state index contributed by atoms with van der Waals surface area (Å²) in [6.45, 7) is 5.93. The summed E-state index contributed by atoms with van der Waals surface area (Å²) in [6, 6.07) is 5.71. The Morgan fingerprint density at radius 1 is 1.29 bits per heavy atom. The van der Waals surface area contributed by atoms with Crippen LogP contribution < -0.4 is 14.8 Å². The quantitative estimate of drug-likeness (QED) is 0.875. The fraction of sp³-hybridized carbons (Fsp3) is 0.471. The summed E-state index contributed by atoms with van der Waals surface area (Å²) in [6.07, 6.45) is 1.65. The van der Waals surface area contributed by atoms with Gasteiger partial charge in [0.25, 0.3) is 0 Å². The van der Waals surface area contributed by atoms with Crippen LogP contribution in [0.25, 0.3) is 0 Å². The first kappa shape index (κ1) is 16.3. The topological polar surface area (TPSA) is 86.5 Å². The summed E-state index contributed by atoms with van der Waals surface area (Å²) in [5, 5.41) is 6.79. The SMILES string of the molecule is Cc1noc(CCCC(=O)NC(C)(C)c2ccc3c(c2)OCO3)n1. The van der Waals surface area contributed by atoms with Gasteiger partial charge in [0.05, 0.1) is 5.54 Å². The molecule has 1 aliphatic rings. The Hall–Kier alpha value is -2.57. The van der Waals surface area contributed by atoms with Crippen LogP contribution in [-0.4, -0.2) is 22.8 Å². The third-order valence-electron chi connectivity index (χ3n) is 3.91. The summed E-state index contributed by atoms with van der Waals surface area (Å²) >= 11 is 0. The predicted molar refractivity (Wildman–Crippen MR) is 85.7 cm³/mol. The zero-order valence-corrected chi connectivity index (χ0v) is 14.1. The second-order valence-electron chi connectivity index (χ2n) is 6.33. The molecule has 0 bridgehead atoms. The molecule has 128 valence electrons. The first-order valence-electron chi connectivity index (χ1n) is 7.94. The van der Waals surface area contributed by atoms with E-state index in [0.29, 0.717) is 36.7 Å². The summed E-state index contributed by atoms with van der Waals surface area (Å²) in [4.78, 5) is 16.4. The van der Waals surface area contributed by atoms with Crippen LogP contribution >= 0.6 is 0 Å². The summed E-state index contributed by atoms with van der Waals surface area (Å²) < 4.78 is 15.8. The molecule has 0 aliphatic carbocycles. The van der Waals surface area contributed by atoms with Gasteiger partial charge in [0, 0.05) is 12.8 Å². The molecule has 0 fully saturated rings. The molecule has 7 nitrogen and oxygen atoms in total. The fourth-order valence-corrected chi connectivity index (χ4v) is 2.61. The molecule has 1 aromatic carbocycles. The van der Waals surface area contributed by atoms with Gasteiger partial charge in [-0.2, -0.15) is 4.98 Å². The monoisotopic (exact) mass is 331 g/mol. The van der Waals surface area contributed by atoms with Gasteiger partial charge in [0.1, 0.15) is 0 Å². The molecule has 2 heterocycles. The first-order valence-corrected chi connectivity index (χ1v) is 7.94. The fourth-order valence-electron chi connectivity index (χ4n) is 2.61. The standard InChI is InChI=1S/C17H21N3O4/c1-11-18-16(24-20-11)6-4-5-15(21)19-17(2,3)12-7-8-13-14(9-12)23-10-22-13/h7-9H,4-6,10H2,1-3H3,(H,19,21). The lowest BCUT2D eigenvalue weighted by molar-refractivity contribution is -0.122. The van der Waals surface area contributed by atoms with Gasteiger partial charge >= 0.3 is 0 Å². The highest BCUT2D eigenvalue weighted by atomic mass is 16.7. The molecule has 0 unspecified atom stereocenters. The van der Waals surface area contributed by atoms with E-state index >= 15 is 0 Å². The van der Waals surface area contributed by atoms with Gasteiger partial charge in [-0.05, 0) is 44.9 Å². The maximum atomic E-state index is 12.2. The van der Waals surface area contributed by atoms with Gasteiger partial charge in [-0.25, -0.2) is 0 Å². The molecular weight excluding hydrogens is 310 g/mol. The second-order valence-corrected chi connectivity index (χ2v) is 6.33. The Morgan fingerprint density at radius 3 is 2.83 bits per heavy atom. The third-order valence-corrected chi connectivity index (χ3v) is 3.91. The van der Waals surface area contributed by atoms with E-state index in [1.165, 1.54) is 0 Å². The number of fused-ring (bicyclic) bond motifs is 1. The summed E-state index contributed by atoms with van der Waals surface area (Å²) in [7, 11) is 0. The molecule has 1 aliphatic heterocycles. The van der Waals surface area contributed by atoms with Gasteiger partial charge < -0.3 is 19.3 Å². The van der Waals surface area contributed by atoms with Crippen molar-refractivity contribution in [3.63, 3.8) is 0 Å². The number of hydrogen-bond acceptors (Lipinski definition) is 6. The Kier molecular flexibility index (Phi) is 4.42. The molecular formula is C17H21N3O4. The highest BCUT2D eigenvalue weighted by Gasteiger charge is 2.25. The molecule has 3 rings (SSSR count). The minimum Gasteiger partial charge on any atom is -0.454 e. The van der Waals surface area contributed by atoms with Crippen molar-refractivity contribution in [2.45, 2.75) is 45.6 Å². The number of nitrogens with one attached hydrogen (secondary N) is 1. The largest absolute Gasteiger partial charge is 0.454 e. The maximum Gasteiger partial charge on any atom is 0.231 e. The second kappa shape index (κ2) is 6.51. The Morgan fingerprint density at radius 2 is 2.08 bits per heavy atom. The smallest absolute Gasteiger partial charge is 0.231 e. The van der Waals surface area contributed by atoms with Crippen molar-refractivity contribution in [3.8, 4) is 11.5 Å². The van der Waals surface area contributed by atoms with E-state index in [2.05, 4.69) is 15.5 Å². The van der Waals surface area contributed by atoms with E-state index in [-0.39, 0.29) is 12.7 Å². The zero-order valence-electron chi connectivity index (χ0n) is 14.1. The molecule has 1 N–H and O–H groups in total. The van der Waals surface area contributed by atoms with Crippen LogP contribution in [0, 0.1) is 6.92 Å². The number of rotatable bonds is 6. The van der Waals surface area contributed by atoms with E-state index in [4.69, 9.17) is 14.0 Å². The van der Waals surface area contributed by atoms with Crippen LogP contribution in [0.15, 0.2) is 22.7 Å².